The van der Waals surface area contributed by atoms with E-state index in [0.29, 0.717) is 16.9 Å². The highest BCUT2D eigenvalue weighted by molar-refractivity contribution is 14.1. The van der Waals surface area contributed by atoms with E-state index in [-0.39, 0.29) is 37.9 Å². The van der Waals surface area contributed by atoms with E-state index in [4.69, 9.17) is 9.84 Å². The predicted octanol–water partition coefficient (Wildman–Crippen LogP) is 3.56. The summed E-state index contributed by atoms with van der Waals surface area (Å²) >= 11 is 2.13. The number of carbonyl (C=O) groups is 2. The third-order valence-corrected chi connectivity index (χ3v) is 7.89. The number of hydrogen-bond acceptors (Lipinski definition) is 5. The molecule has 7 nitrogen and oxygen atoms in total. The minimum atomic E-state index is -1.15. The number of carbonyl (C=O) groups excluding carboxylic acids is 2. The van der Waals surface area contributed by atoms with Gasteiger partial charge < -0.3 is 25.2 Å². The van der Waals surface area contributed by atoms with Crippen molar-refractivity contribution in [2.75, 3.05) is 13.2 Å². The maximum Gasteiger partial charge on any atom is 0.247 e. The Balaban J connectivity index is 1.70. The number of rotatable bonds is 9. The Morgan fingerprint density at radius 2 is 1.81 bits per heavy atom. The molecule has 3 N–H and O–H groups in total. The van der Waals surface area contributed by atoms with E-state index >= 15 is 0 Å². The van der Waals surface area contributed by atoms with Gasteiger partial charge in [0.15, 0.2) is 0 Å². The second-order valence-electron chi connectivity index (χ2n) is 9.49. The van der Waals surface area contributed by atoms with E-state index in [9.17, 15) is 19.1 Å². The van der Waals surface area contributed by atoms with E-state index in [1.807, 2.05) is 18.2 Å². The quantitative estimate of drug-likeness (QED) is 0.372. The van der Waals surface area contributed by atoms with Crippen molar-refractivity contribution >= 4 is 34.4 Å². The van der Waals surface area contributed by atoms with Crippen LogP contribution in [0.4, 0.5) is 4.39 Å². The lowest BCUT2D eigenvalue weighted by atomic mass is 9.87. The van der Waals surface area contributed by atoms with Crippen LogP contribution in [0.3, 0.4) is 0 Å². The summed E-state index contributed by atoms with van der Waals surface area (Å²) in [6.45, 7) is -0.164. The fourth-order valence-corrected chi connectivity index (χ4v) is 5.56. The number of aliphatic hydroxyl groups is 2. The van der Waals surface area contributed by atoms with E-state index in [1.54, 1.807) is 30.3 Å². The lowest BCUT2D eigenvalue weighted by molar-refractivity contribution is -0.143. The van der Waals surface area contributed by atoms with E-state index in [0.717, 1.165) is 29.3 Å². The zero-order chi connectivity index (χ0) is 26.4. The van der Waals surface area contributed by atoms with Crippen LogP contribution in [0.5, 0.6) is 5.75 Å². The molecule has 0 aliphatic heterocycles. The Labute approximate surface area is 229 Å². The van der Waals surface area contributed by atoms with Crippen molar-refractivity contribution in [1.82, 2.24) is 10.2 Å². The number of nitrogens with zero attached hydrogens (tertiary/aromatic N) is 1. The minimum Gasteiger partial charge on any atom is -0.482 e. The number of amides is 2. The van der Waals surface area contributed by atoms with Crippen molar-refractivity contribution in [2.24, 2.45) is 5.92 Å². The van der Waals surface area contributed by atoms with Crippen molar-refractivity contribution in [1.29, 1.82) is 0 Å². The monoisotopic (exact) mass is 622 g/mol. The van der Waals surface area contributed by atoms with Crippen LogP contribution in [0.2, 0.25) is 0 Å². The van der Waals surface area contributed by atoms with Gasteiger partial charge in [-0.3, -0.25) is 9.59 Å². The lowest BCUT2D eigenvalue weighted by Gasteiger charge is -2.41. The van der Waals surface area contributed by atoms with E-state index < -0.39 is 30.0 Å². The maximum absolute atomic E-state index is 14.7. The van der Waals surface area contributed by atoms with Crippen molar-refractivity contribution in [2.45, 2.75) is 56.9 Å². The first kappa shape index (κ1) is 27.5. The molecule has 9 heteroatoms. The van der Waals surface area contributed by atoms with Crippen LogP contribution < -0.4 is 10.1 Å². The molecule has 3 atom stereocenters. The Morgan fingerprint density at radius 1 is 1.11 bits per heavy atom. The van der Waals surface area contributed by atoms with Crippen LogP contribution in [0.25, 0.3) is 0 Å². The van der Waals surface area contributed by atoms with Gasteiger partial charge in [-0.05, 0) is 59.7 Å². The normalized spacial score (nSPS) is 21.8. The molecule has 0 bridgehead atoms. The van der Waals surface area contributed by atoms with Crippen molar-refractivity contribution in [3.63, 3.8) is 0 Å². The summed E-state index contributed by atoms with van der Waals surface area (Å²) < 4.78 is 21.7. The highest BCUT2D eigenvalue weighted by Gasteiger charge is 2.42. The van der Waals surface area contributed by atoms with Crippen LogP contribution in [-0.2, 0) is 16.1 Å². The molecule has 1 saturated carbocycles. The molecule has 1 fully saturated rings. The Hall–Kier alpha value is -2.50. The molecule has 2 amide bonds. The fraction of sp³-hybridized carbons (Fsp3) is 0.429. The summed E-state index contributed by atoms with van der Waals surface area (Å²) in [5.74, 6) is -0.635. The predicted molar refractivity (Wildman–Crippen MR) is 145 cm³/mol. The van der Waals surface area contributed by atoms with Gasteiger partial charge in [0, 0.05) is 36.6 Å². The molecule has 0 radical (unpaired) electrons. The van der Waals surface area contributed by atoms with Crippen molar-refractivity contribution < 1.29 is 28.9 Å². The number of ether oxygens (including phenoxy) is 1. The van der Waals surface area contributed by atoms with Crippen LogP contribution in [-0.4, -0.2) is 58.3 Å². The van der Waals surface area contributed by atoms with Crippen molar-refractivity contribution in [3.05, 3.63) is 75.1 Å². The molecule has 37 heavy (non-hydrogen) atoms. The largest absolute Gasteiger partial charge is 0.482 e. The summed E-state index contributed by atoms with van der Waals surface area (Å²) in [7, 11) is 0. The molecular weight excluding hydrogens is 590 g/mol. The molecule has 4 rings (SSSR count). The van der Waals surface area contributed by atoms with E-state index in [2.05, 4.69) is 27.9 Å². The first-order valence-electron chi connectivity index (χ1n) is 12.6. The van der Waals surface area contributed by atoms with Gasteiger partial charge in [0.05, 0.1) is 16.2 Å². The second-order valence-corrected chi connectivity index (χ2v) is 10.6. The average Bonchev–Trinajstić information content (AvgIpc) is 3.44. The highest BCUT2D eigenvalue weighted by atomic mass is 127. The Bertz CT molecular complexity index is 1140. The molecule has 2 aliphatic carbocycles. The Kier molecular flexibility index (Phi) is 9.55. The molecule has 0 saturated heterocycles. The highest BCUT2D eigenvalue weighted by Crippen LogP contribution is 2.34. The van der Waals surface area contributed by atoms with Gasteiger partial charge in [0.1, 0.15) is 23.8 Å². The molecule has 0 aromatic heterocycles. The number of hydrogen-bond donors (Lipinski definition) is 3. The van der Waals surface area contributed by atoms with Gasteiger partial charge in [-0.25, -0.2) is 4.39 Å². The van der Waals surface area contributed by atoms with Gasteiger partial charge in [-0.15, -0.1) is 0 Å². The second kappa shape index (κ2) is 12.8. The third kappa shape index (κ3) is 6.69. The van der Waals surface area contributed by atoms with Gasteiger partial charge >= 0.3 is 0 Å². The minimum absolute atomic E-state index is 0.0230. The summed E-state index contributed by atoms with van der Waals surface area (Å²) in [4.78, 5) is 28.3. The number of aliphatic hydroxyl groups excluding tert-OH is 2. The zero-order valence-corrected chi connectivity index (χ0v) is 22.6. The zero-order valence-electron chi connectivity index (χ0n) is 20.5. The molecule has 198 valence electrons. The fourth-order valence-electron chi connectivity index (χ4n) is 5.04. The van der Waals surface area contributed by atoms with Gasteiger partial charge in [-0.1, -0.05) is 43.2 Å². The van der Waals surface area contributed by atoms with Gasteiger partial charge in [0.2, 0.25) is 11.8 Å². The molecule has 2 aromatic rings. The molecule has 2 aromatic carbocycles. The lowest BCUT2D eigenvalue weighted by Crippen LogP contribution is -2.55. The number of para-hydroxylation sites is 1. The van der Waals surface area contributed by atoms with Crippen LogP contribution in [0, 0.1) is 15.3 Å². The summed E-state index contributed by atoms with van der Waals surface area (Å²) in [6.07, 6.45) is 2.99. The van der Waals surface area contributed by atoms with Crippen LogP contribution in [0.15, 0.2) is 60.2 Å². The van der Waals surface area contributed by atoms with Crippen molar-refractivity contribution in [3.8, 4) is 5.75 Å². The average molecular weight is 622 g/mol. The SMILES string of the molecule is O=C(NCCO)C1=CC(Oc2ccccc2I)C(O)C(N(Cc2ccccc2F)C(=O)C2CCCC2)C1. The van der Waals surface area contributed by atoms with Crippen LogP contribution >= 0.6 is 22.6 Å². The third-order valence-electron chi connectivity index (χ3n) is 7.00. The van der Waals surface area contributed by atoms with Crippen LogP contribution in [0.1, 0.15) is 37.7 Å². The molecular formula is C28H32FIN2O5. The maximum atomic E-state index is 14.7. The number of benzene rings is 2. The summed E-state index contributed by atoms with van der Waals surface area (Å²) in [5.41, 5.74) is 0.689. The Morgan fingerprint density at radius 3 is 2.51 bits per heavy atom. The van der Waals surface area contributed by atoms with Gasteiger partial charge in [0.25, 0.3) is 0 Å². The molecule has 3 unspecified atom stereocenters. The van der Waals surface area contributed by atoms with E-state index in [1.165, 1.54) is 11.0 Å². The molecule has 0 spiro atoms. The molecule has 0 heterocycles. The summed E-state index contributed by atoms with van der Waals surface area (Å²) in [5, 5.41) is 23.4. The number of nitrogens with one attached hydrogen (secondary N) is 1. The first-order chi connectivity index (χ1) is 17.9. The molecule has 2 aliphatic rings. The standard InChI is InChI=1S/C28H32FIN2O5/c29-21-10-4-3-9-19(21)17-32(28(36)18-7-1-2-8-18)23-15-20(27(35)31-13-14-33)16-25(26(23)34)37-24-12-6-5-11-22(24)30/h3-6,9-12,16,18,23,25-26,33-34H,1-2,7-8,13-15,17H2,(H,31,35). The smallest absolute Gasteiger partial charge is 0.247 e. The van der Waals surface area contributed by atoms with Gasteiger partial charge in [-0.2, -0.15) is 0 Å². The topological polar surface area (TPSA) is 99.1 Å². The summed E-state index contributed by atoms with van der Waals surface area (Å²) in [6, 6.07) is 12.8. The first-order valence-corrected chi connectivity index (χ1v) is 13.7. The number of halogens is 2.